The fourth-order valence-electron chi connectivity index (χ4n) is 4.29. The summed E-state index contributed by atoms with van der Waals surface area (Å²) in [6.45, 7) is 9.29. The number of amides is 1. The lowest BCUT2D eigenvalue weighted by atomic mass is 9.75. The molecule has 0 bridgehead atoms. The highest BCUT2D eigenvalue weighted by molar-refractivity contribution is 5.90. The highest BCUT2D eigenvalue weighted by atomic mass is 16.6. The maximum absolute atomic E-state index is 12.5. The van der Waals surface area contributed by atoms with Gasteiger partial charge < -0.3 is 19.5 Å². The number of ketones is 1. The summed E-state index contributed by atoms with van der Waals surface area (Å²) >= 11 is 0. The van der Waals surface area contributed by atoms with E-state index in [-0.39, 0.29) is 11.9 Å². The molecule has 3 rings (SSSR count). The molecule has 1 N–H and O–H groups in total. The van der Waals surface area contributed by atoms with Crippen molar-refractivity contribution in [1.82, 2.24) is 4.90 Å². The molecule has 3 aliphatic rings. The fraction of sp³-hybridized carbons (Fsp3) is 0.714. The average molecular weight is 377 g/mol. The predicted octanol–water partition coefficient (Wildman–Crippen LogP) is 3.20. The predicted molar refractivity (Wildman–Crippen MR) is 101 cm³/mol. The summed E-state index contributed by atoms with van der Waals surface area (Å²) in [5.41, 5.74) is 2.51. The highest BCUT2D eigenvalue weighted by Gasteiger charge is 2.38. The van der Waals surface area contributed by atoms with Crippen LogP contribution in [0, 0.1) is 11.8 Å². The number of aliphatic hydroxyl groups excluding tert-OH is 1. The summed E-state index contributed by atoms with van der Waals surface area (Å²) in [6, 6.07) is 0. The molecule has 1 aliphatic carbocycles. The van der Waals surface area contributed by atoms with E-state index in [0.29, 0.717) is 38.5 Å². The second kappa shape index (κ2) is 7.66. The Bertz CT molecular complexity index is 665. The van der Waals surface area contributed by atoms with E-state index in [1.54, 1.807) is 11.2 Å². The molecule has 150 valence electrons. The van der Waals surface area contributed by atoms with Crippen molar-refractivity contribution >= 4 is 11.9 Å². The number of rotatable bonds is 3. The van der Waals surface area contributed by atoms with Crippen LogP contribution in [0.2, 0.25) is 0 Å². The van der Waals surface area contributed by atoms with Gasteiger partial charge in [0.2, 0.25) is 0 Å². The van der Waals surface area contributed by atoms with Crippen molar-refractivity contribution < 1.29 is 24.2 Å². The van der Waals surface area contributed by atoms with Crippen molar-refractivity contribution in [3.05, 3.63) is 23.0 Å². The number of ether oxygens (including phenoxy) is 2. The third-order valence-corrected chi connectivity index (χ3v) is 5.72. The Morgan fingerprint density at radius 1 is 1.37 bits per heavy atom. The van der Waals surface area contributed by atoms with Gasteiger partial charge in [0.05, 0.1) is 18.3 Å². The normalized spacial score (nSPS) is 25.1. The van der Waals surface area contributed by atoms with Crippen molar-refractivity contribution in [1.29, 1.82) is 0 Å². The van der Waals surface area contributed by atoms with E-state index in [1.165, 1.54) is 0 Å². The molecular weight excluding hydrogens is 346 g/mol. The minimum Gasteiger partial charge on any atom is -0.496 e. The second-order valence-electron chi connectivity index (χ2n) is 8.95. The van der Waals surface area contributed by atoms with Crippen molar-refractivity contribution in [2.45, 2.75) is 65.1 Å². The number of likely N-dealkylation sites (tertiary alicyclic amines) is 1. The average Bonchev–Trinajstić information content (AvgIpc) is 3.02. The molecule has 0 aromatic rings. The van der Waals surface area contributed by atoms with Gasteiger partial charge in [0.1, 0.15) is 18.0 Å². The summed E-state index contributed by atoms with van der Waals surface area (Å²) in [6.07, 6.45) is 3.30. The van der Waals surface area contributed by atoms with Crippen molar-refractivity contribution in [2.24, 2.45) is 11.8 Å². The topological polar surface area (TPSA) is 76.1 Å². The van der Waals surface area contributed by atoms with Crippen LogP contribution in [0.5, 0.6) is 0 Å². The number of carbonyl (C=O) groups excluding carboxylic acids is 2. The first-order valence-electron chi connectivity index (χ1n) is 9.85. The summed E-state index contributed by atoms with van der Waals surface area (Å²) < 4.78 is 10.8. The van der Waals surface area contributed by atoms with E-state index in [0.717, 1.165) is 29.6 Å². The van der Waals surface area contributed by atoms with E-state index in [2.05, 4.69) is 0 Å². The molecule has 6 heteroatoms. The maximum atomic E-state index is 12.5. The number of hydrogen-bond acceptors (Lipinski definition) is 5. The van der Waals surface area contributed by atoms with Crippen LogP contribution in [0.15, 0.2) is 23.0 Å². The van der Waals surface area contributed by atoms with Crippen molar-refractivity contribution in [3.63, 3.8) is 0 Å². The lowest BCUT2D eigenvalue weighted by Crippen LogP contribution is -2.43. The van der Waals surface area contributed by atoms with Gasteiger partial charge >= 0.3 is 6.09 Å². The number of fused-ring (bicyclic) bond motifs is 1. The zero-order valence-corrected chi connectivity index (χ0v) is 16.8. The van der Waals surface area contributed by atoms with Gasteiger partial charge in [0.25, 0.3) is 0 Å². The van der Waals surface area contributed by atoms with Crippen LogP contribution in [-0.4, -0.2) is 53.3 Å². The largest absolute Gasteiger partial charge is 0.496 e. The third-order valence-electron chi connectivity index (χ3n) is 5.72. The molecule has 2 unspecified atom stereocenters. The molecule has 6 nitrogen and oxygen atoms in total. The van der Waals surface area contributed by atoms with Crippen LogP contribution in [-0.2, 0) is 14.3 Å². The first kappa shape index (κ1) is 19.9. The molecule has 2 atom stereocenters. The fourth-order valence-corrected chi connectivity index (χ4v) is 4.29. The molecule has 1 amide bonds. The third kappa shape index (κ3) is 4.54. The monoisotopic (exact) mass is 377 g/mol. The van der Waals surface area contributed by atoms with E-state index >= 15 is 0 Å². The molecule has 0 radical (unpaired) electrons. The quantitative estimate of drug-likeness (QED) is 0.817. The van der Waals surface area contributed by atoms with E-state index < -0.39 is 17.6 Å². The van der Waals surface area contributed by atoms with Gasteiger partial charge in [0.15, 0.2) is 0 Å². The molecule has 0 spiro atoms. The standard InChI is InChI=1S/C21H31NO5/c1-13-16-12-26-11-15(16)10-18(24)19(13)17(23)9-14-5-7-22(8-6-14)20(25)27-21(2,3)4/h11,14,17,19,23H,5-10,12H2,1-4H3. The summed E-state index contributed by atoms with van der Waals surface area (Å²) in [7, 11) is 0. The SMILES string of the molecule is CC1=C2COC=C2CC(=O)C1C(O)CC1CCN(C(=O)OC(C)(C)C)CC1. The summed E-state index contributed by atoms with van der Waals surface area (Å²) in [4.78, 5) is 26.4. The zero-order valence-electron chi connectivity index (χ0n) is 16.8. The molecule has 1 fully saturated rings. The Balaban J connectivity index is 1.55. The second-order valence-corrected chi connectivity index (χ2v) is 8.95. The van der Waals surface area contributed by atoms with Gasteiger partial charge in [-0.15, -0.1) is 0 Å². The Morgan fingerprint density at radius 2 is 2.04 bits per heavy atom. The van der Waals surface area contributed by atoms with Crippen LogP contribution in [0.4, 0.5) is 4.79 Å². The smallest absolute Gasteiger partial charge is 0.410 e. The van der Waals surface area contributed by atoms with Gasteiger partial charge in [-0.3, -0.25) is 4.79 Å². The first-order valence-corrected chi connectivity index (χ1v) is 9.85. The number of aliphatic hydroxyl groups is 1. The maximum Gasteiger partial charge on any atom is 0.410 e. The zero-order chi connectivity index (χ0) is 19.8. The number of nitrogens with zero attached hydrogens (tertiary/aromatic N) is 1. The molecular formula is C21H31NO5. The number of piperidine rings is 1. The Hall–Kier alpha value is -1.82. The molecule has 0 aromatic heterocycles. The summed E-state index contributed by atoms with van der Waals surface area (Å²) in [5, 5.41) is 10.8. The van der Waals surface area contributed by atoms with E-state index in [9.17, 15) is 14.7 Å². The molecule has 27 heavy (non-hydrogen) atoms. The number of hydrogen-bond donors (Lipinski definition) is 1. The lowest BCUT2D eigenvalue weighted by Gasteiger charge is -2.35. The van der Waals surface area contributed by atoms with Crippen LogP contribution in [0.3, 0.4) is 0 Å². The first-order chi connectivity index (χ1) is 12.7. The van der Waals surface area contributed by atoms with Gasteiger partial charge in [0, 0.05) is 25.1 Å². The minimum atomic E-state index is -0.676. The van der Waals surface area contributed by atoms with Crippen LogP contribution in [0.25, 0.3) is 0 Å². The summed E-state index contributed by atoms with van der Waals surface area (Å²) in [5.74, 6) is -0.0459. The van der Waals surface area contributed by atoms with Crippen LogP contribution < -0.4 is 0 Å². The Labute approximate surface area is 161 Å². The molecule has 0 aromatic carbocycles. The molecule has 2 aliphatic heterocycles. The molecule has 1 saturated heterocycles. The Kier molecular flexibility index (Phi) is 5.65. The van der Waals surface area contributed by atoms with Crippen molar-refractivity contribution in [2.75, 3.05) is 19.7 Å². The number of Topliss-reactive ketones (excluding diaryl/α,β-unsaturated/α-hetero) is 1. The van der Waals surface area contributed by atoms with Gasteiger partial charge in [-0.25, -0.2) is 4.79 Å². The van der Waals surface area contributed by atoms with Gasteiger partial charge in [-0.1, -0.05) is 5.57 Å². The van der Waals surface area contributed by atoms with Gasteiger partial charge in [-0.2, -0.15) is 0 Å². The number of carbonyl (C=O) groups is 2. The molecule has 2 heterocycles. The minimum absolute atomic E-state index is 0.0756. The van der Waals surface area contributed by atoms with E-state index in [1.807, 2.05) is 27.7 Å². The van der Waals surface area contributed by atoms with Crippen molar-refractivity contribution in [3.8, 4) is 0 Å². The van der Waals surface area contributed by atoms with Crippen LogP contribution in [0.1, 0.15) is 53.4 Å². The molecule has 0 saturated carbocycles. The van der Waals surface area contributed by atoms with E-state index in [4.69, 9.17) is 9.47 Å². The Morgan fingerprint density at radius 3 is 2.67 bits per heavy atom. The van der Waals surface area contributed by atoms with Crippen LogP contribution >= 0.6 is 0 Å². The highest BCUT2D eigenvalue weighted by Crippen LogP contribution is 2.38. The lowest BCUT2D eigenvalue weighted by molar-refractivity contribution is -0.124. The van der Waals surface area contributed by atoms with Gasteiger partial charge in [-0.05, 0) is 58.4 Å².